The van der Waals surface area contributed by atoms with Crippen LogP contribution in [0, 0.1) is 11.6 Å². The average molecular weight is 245 g/mol. The number of aliphatic hydroxyl groups excluding tert-OH is 1. The van der Waals surface area contributed by atoms with E-state index in [1.807, 2.05) is 0 Å². The lowest BCUT2D eigenvalue weighted by Crippen LogP contribution is -2.34. The molecule has 0 radical (unpaired) electrons. The molecule has 0 saturated carbocycles. The van der Waals surface area contributed by atoms with E-state index >= 15 is 0 Å². The number of nitrogens with one attached hydrogen (secondary N) is 1. The summed E-state index contributed by atoms with van der Waals surface area (Å²) in [6, 6.07) is 2.83. The first kappa shape index (κ1) is 13.5. The zero-order valence-electron chi connectivity index (χ0n) is 9.24. The van der Waals surface area contributed by atoms with Crippen LogP contribution in [-0.4, -0.2) is 37.4 Å². The third kappa shape index (κ3) is 4.08. The molecule has 0 aromatic heterocycles. The van der Waals surface area contributed by atoms with Crippen molar-refractivity contribution in [3.63, 3.8) is 0 Å². The minimum atomic E-state index is -1.09. The van der Waals surface area contributed by atoms with E-state index in [2.05, 4.69) is 10.1 Å². The van der Waals surface area contributed by atoms with Gasteiger partial charge in [0.15, 0.2) is 11.6 Å². The van der Waals surface area contributed by atoms with Gasteiger partial charge in [-0.3, -0.25) is 4.79 Å². The van der Waals surface area contributed by atoms with E-state index < -0.39 is 23.6 Å². The maximum atomic E-state index is 12.8. The zero-order valence-corrected chi connectivity index (χ0v) is 9.24. The van der Waals surface area contributed by atoms with Crippen molar-refractivity contribution in [3.8, 4) is 0 Å². The molecule has 94 valence electrons. The highest BCUT2D eigenvalue weighted by Gasteiger charge is 2.11. The predicted molar refractivity (Wildman–Crippen MR) is 56.6 cm³/mol. The van der Waals surface area contributed by atoms with Gasteiger partial charge in [0, 0.05) is 19.2 Å². The molecule has 0 aliphatic heterocycles. The van der Waals surface area contributed by atoms with Gasteiger partial charge in [0.2, 0.25) is 0 Å². The van der Waals surface area contributed by atoms with Crippen molar-refractivity contribution in [2.45, 2.75) is 6.10 Å². The molecule has 0 bridgehead atoms. The summed E-state index contributed by atoms with van der Waals surface area (Å²) in [6.45, 7) is 0.0593. The van der Waals surface area contributed by atoms with E-state index in [4.69, 9.17) is 0 Å². The van der Waals surface area contributed by atoms with Gasteiger partial charge < -0.3 is 15.2 Å². The molecule has 2 N–H and O–H groups in total. The van der Waals surface area contributed by atoms with Gasteiger partial charge in [-0.2, -0.15) is 0 Å². The van der Waals surface area contributed by atoms with Gasteiger partial charge in [0.25, 0.3) is 5.91 Å². The highest BCUT2D eigenvalue weighted by molar-refractivity contribution is 5.94. The summed E-state index contributed by atoms with van der Waals surface area (Å²) in [5, 5.41) is 11.6. The summed E-state index contributed by atoms with van der Waals surface area (Å²) in [5.41, 5.74) is -0.00600. The van der Waals surface area contributed by atoms with Crippen molar-refractivity contribution in [2.24, 2.45) is 0 Å². The Morgan fingerprint density at radius 3 is 2.76 bits per heavy atom. The summed E-state index contributed by atoms with van der Waals surface area (Å²) >= 11 is 0. The molecule has 0 aliphatic rings. The number of amides is 1. The number of hydrogen-bond acceptors (Lipinski definition) is 3. The molecule has 0 fully saturated rings. The van der Waals surface area contributed by atoms with Gasteiger partial charge in [-0.15, -0.1) is 0 Å². The van der Waals surface area contributed by atoms with Crippen LogP contribution >= 0.6 is 0 Å². The molecule has 1 unspecified atom stereocenters. The third-order valence-electron chi connectivity index (χ3n) is 2.04. The summed E-state index contributed by atoms with van der Waals surface area (Å²) < 4.78 is 30.1. The van der Waals surface area contributed by atoms with Crippen LogP contribution in [0.25, 0.3) is 0 Å². The highest BCUT2D eigenvalue weighted by atomic mass is 19.2. The molecule has 1 aromatic carbocycles. The number of carbonyl (C=O) groups is 1. The molecule has 0 spiro atoms. The Balaban J connectivity index is 2.55. The topological polar surface area (TPSA) is 58.6 Å². The minimum absolute atomic E-state index is 0.00600. The summed E-state index contributed by atoms with van der Waals surface area (Å²) in [6.07, 6.45) is -0.839. The van der Waals surface area contributed by atoms with Crippen molar-refractivity contribution >= 4 is 5.91 Å². The molecule has 6 heteroatoms. The van der Waals surface area contributed by atoms with E-state index in [-0.39, 0.29) is 18.7 Å². The molecule has 1 rings (SSSR count). The maximum Gasteiger partial charge on any atom is 0.251 e. The van der Waals surface area contributed by atoms with Crippen LogP contribution in [0.5, 0.6) is 0 Å². The number of benzene rings is 1. The molecular formula is C11H13F2NO3. The maximum absolute atomic E-state index is 12.8. The Labute approximate surface area is 97.2 Å². The van der Waals surface area contributed by atoms with Crippen molar-refractivity contribution in [1.29, 1.82) is 0 Å². The van der Waals surface area contributed by atoms with Crippen molar-refractivity contribution in [1.82, 2.24) is 5.32 Å². The minimum Gasteiger partial charge on any atom is -0.389 e. The smallest absolute Gasteiger partial charge is 0.251 e. The van der Waals surface area contributed by atoms with Gasteiger partial charge >= 0.3 is 0 Å². The van der Waals surface area contributed by atoms with Gasteiger partial charge in [-0.1, -0.05) is 0 Å². The SMILES string of the molecule is COCC(O)CNC(=O)c1ccc(F)c(F)c1. The van der Waals surface area contributed by atoms with Gasteiger partial charge in [0.05, 0.1) is 12.7 Å². The lowest BCUT2D eigenvalue weighted by Gasteiger charge is -2.10. The summed E-state index contributed by atoms with van der Waals surface area (Å²) in [4.78, 5) is 11.5. The van der Waals surface area contributed by atoms with Crippen LogP contribution in [0.4, 0.5) is 8.78 Å². The number of ether oxygens (including phenoxy) is 1. The standard InChI is InChI=1S/C11H13F2NO3/c1-17-6-8(15)5-14-11(16)7-2-3-9(12)10(13)4-7/h2-4,8,15H,5-6H2,1H3,(H,14,16). The lowest BCUT2D eigenvalue weighted by atomic mass is 10.2. The Kier molecular flexibility index (Phi) is 4.99. The first-order chi connectivity index (χ1) is 8.04. The number of halogens is 2. The quantitative estimate of drug-likeness (QED) is 0.803. The fourth-order valence-corrected chi connectivity index (χ4v) is 1.20. The largest absolute Gasteiger partial charge is 0.389 e. The van der Waals surface area contributed by atoms with Crippen LogP contribution < -0.4 is 5.32 Å². The van der Waals surface area contributed by atoms with Crippen molar-refractivity contribution in [2.75, 3.05) is 20.3 Å². The van der Waals surface area contributed by atoms with Gasteiger partial charge in [-0.05, 0) is 18.2 Å². The molecular weight excluding hydrogens is 232 g/mol. The number of hydrogen-bond donors (Lipinski definition) is 2. The first-order valence-corrected chi connectivity index (χ1v) is 4.95. The van der Waals surface area contributed by atoms with Crippen molar-refractivity contribution < 1.29 is 23.4 Å². The Morgan fingerprint density at radius 2 is 2.18 bits per heavy atom. The molecule has 0 aliphatic carbocycles. The monoisotopic (exact) mass is 245 g/mol. The van der Waals surface area contributed by atoms with Crippen LogP contribution in [0.3, 0.4) is 0 Å². The Hall–Kier alpha value is -1.53. The molecule has 1 amide bonds. The Morgan fingerprint density at radius 1 is 1.47 bits per heavy atom. The molecule has 4 nitrogen and oxygen atoms in total. The summed E-state index contributed by atoms with van der Waals surface area (Å²) in [5.74, 6) is -2.69. The molecule has 0 heterocycles. The number of rotatable bonds is 5. The second-order valence-corrected chi connectivity index (χ2v) is 3.45. The van der Waals surface area contributed by atoms with Crippen LogP contribution in [0.2, 0.25) is 0 Å². The van der Waals surface area contributed by atoms with E-state index in [1.165, 1.54) is 7.11 Å². The van der Waals surface area contributed by atoms with Crippen molar-refractivity contribution in [3.05, 3.63) is 35.4 Å². The van der Waals surface area contributed by atoms with Crippen LogP contribution in [0.15, 0.2) is 18.2 Å². The molecule has 1 atom stereocenters. The molecule has 0 saturated heterocycles. The number of carbonyl (C=O) groups excluding carboxylic acids is 1. The van der Waals surface area contributed by atoms with Crippen LogP contribution in [-0.2, 0) is 4.74 Å². The predicted octanol–water partition coefficient (Wildman–Crippen LogP) is 0.702. The lowest BCUT2D eigenvalue weighted by molar-refractivity contribution is 0.0609. The number of aliphatic hydroxyl groups is 1. The normalized spacial score (nSPS) is 12.2. The fourth-order valence-electron chi connectivity index (χ4n) is 1.20. The van der Waals surface area contributed by atoms with E-state index in [9.17, 15) is 18.7 Å². The average Bonchev–Trinajstić information content (AvgIpc) is 2.30. The van der Waals surface area contributed by atoms with Gasteiger partial charge in [-0.25, -0.2) is 8.78 Å². The summed E-state index contributed by atoms with van der Waals surface area (Å²) in [7, 11) is 1.42. The highest BCUT2D eigenvalue weighted by Crippen LogP contribution is 2.08. The van der Waals surface area contributed by atoms with E-state index in [0.29, 0.717) is 0 Å². The Bertz CT molecular complexity index is 398. The molecule has 17 heavy (non-hydrogen) atoms. The van der Waals surface area contributed by atoms with Gasteiger partial charge in [0.1, 0.15) is 0 Å². The first-order valence-electron chi connectivity index (χ1n) is 4.95. The van der Waals surface area contributed by atoms with Crippen LogP contribution in [0.1, 0.15) is 10.4 Å². The zero-order chi connectivity index (χ0) is 12.8. The number of methoxy groups -OCH3 is 1. The van der Waals surface area contributed by atoms with E-state index in [1.54, 1.807) is 0 Å². The third-order valence-corrected chi connectivity index (χ3v) is 2.04. The molecule has 1 aromatic rings. The fraction of sp³-hybridized carbons (Fsp3) is 0.364. The second-order valence-electron chi connectivity index (χ2n) is 3.45. The second kappa shape index (κ2) is 6.27. The van der Waals surface area contributed by atoms with E-state index in [0.717, 1.165) is 18.2 Å².